The third kappa shape index (κ3) is 3.47. The molecular weight excluding hydrogens is 250 g/mol. The second kappa shape index (κ2) is 6.21. The van der Waals surface area contributed by atoms with E-state index >= 15 is 0 Å². The minimum absolute atomic E-state index is 0.0113. The number of amides is 1. The largest absolute Gasteiger partial charge is 0.381 e. The quantitative estimate of drug-likeness (QED) is 0.849. The number of benzene rings is 1. The van der Waals surface area contributed by atoms with E-state index in [-0.39, 0.29) is 17.3 Å². The highest BCUT2D eigenvalue weighted by molar-refractivity contribution is 6.27. The first-order valence-electron chi connectivity index (χ1n) is 6.23. The van der Waals surface area contributed by atoms with Crippen LogP contribution in [0.3, 0.4) is 0 Å². The fourth-order valence-corrected chi connectivity index (χ4v) is 2.49. The molecule has 1 aromatic carbocycles. The van der Waals surface area contributed by atoms with Crippen LogP contribution in [0.4, 0.5) is 0 Å². The zero-order valence-electron chi connectivity index (χ0n) is 10.3. The lowest BCUT2D eigenvalue weighted by Crippen LogP contribution is -2.53. The molecule has 0 unspecified atom stereocenters. The Hall–Kier alpha value is -1.06. The Bertz CT molecular complexity index is 388. The van der Waals surface area contributed by atoms with Crippen LogP contribution in [-0.4, -0.2) is 30.5 Å². The van der Waals surface area contributed by atoms with Crippen molar-refractivity contribution in [3.8, 4) is 0 Å². The summed E-state index contributed by atoms with van der Waals surface area (Å²) in [4.78, 5) is 11.6. The van der Waals surface area contributed by atoms with Crippen LogP contribution in [0.25, 0.3) is 0 Å². The van der Waals surface area contributed by atoms with Crippen molar-refractivity contribution in [2.75, 3.05) is 19.1 Å². The smallest absolute Gasteiger partial charge is 0.235 e. The highest BCUT2D eigenvalue weighted by atomic mass is 35.5. The van der Waals surface area contributed by atoms with E-state index in [2.05, 4.69) is 17.4 Å². The molecule has 0 spiro atoms. The molecule has 1 aliphatic rings. The maximum absolute atomic E-state index is 11.6. The number of rotatable bonds is 4. The fourth-order valence-electron chi connectivity index (χ4n) is 2.42. The van der Waals surface area contributed by atoms with E-state index < -0.39 is 0 Å². The summed E-state index contributed by atoms with van der Waals surface area (Å²) in [5.41, 5.74) is 1.03. The summed E-state index contributed by atoms with van der Waals surface area (Å²) >= 11 is 5.59. The highest BCUT2D eigenvalue weighted by Gasteiger charge is 2.33. The van der Waals surface area contributed by atoms with Crippen molar-refractivity contribution in [1.82, 2.24) is 5.32 Å². The Morgan fingerprint density at radius 3 is 2.56 bits per heavy atom. The van der Waals surface area contributed by atoms with Crippen LogP contribution in [0, 0.1) is 0 Å². The van der Waals surface area contributed by atoms with Gasteiger partial charge < -0.3 is 10.1 Å². The van der Waals surface area contributed by atoms with Gasteiger partial charge in [-0.25, -0.2) is 0 Å². The Kier molecular flexibility index (Phi) is 4.61. The summed E-state index contributed by atoms with van der Waals surface area (Å²) in [5.74, 6) is -0.0910. The van der Waals surface area contributed by atoms with Gasteiger partial charge in [0, 0.05) is 18.8 Å². The molecule has 1 heterocycles. The molecule has 18 heavy (non-hydrogen) atoms. The Balaban J connectivity index is 2.11. The predicted octanol–water partition coefficient (Wildman–Crippen LogP) is 2.13. The summed E-state index contributed by atoms with van der Waals surface area (Å²) in [5, 5.41) is 3.08. The van der Waals surface area contributed by atoms with E-state index in [0.29, 0.717) is 13.2 Å². The SMILES string of the molecule is O=C(CCl)NC1(Cc2ccccc2)CCOCC1. The predicted molar refractivity (Wildman–Crippen MR) is 71.8 cm³/mol. The molecule has 0 aromatic heterocycles. The molecule has 1 N–H and O–H groups in total. The van der Waals surface area contributed by atoms with Crippen LogP contribution in [0.1, 0.15) is 18.4 Å². The van der Waals surface area contributed by atoms with Crippen LogP contribution in [0.5, 0.6) is 0 Å². The zero-order valence-corrected chi connectivity index (χ0v) is 11.1. The minimum Gasteiger partial charge on any atom is -0.381 e. The first-order valence-corrected chi connectivity index (χ1v) is 6.76. The molecule has 0 atom stereocenters. The van der Waals surface area contributed by atoms with Crippen molar-refractivity contribution in [2.45, 2.75) is 24.8 Å². The monoisotopic (exact) mass is 267 g/mol. The average Bonchev–Trinajstić information content (AvgIpc) is 2.40. The molecule has 4 heteroatoms. The van der Waals surface area contributed by atoms with Crippen LogP contribution in [0.2, 0.25) is 0 Å². The van der Waals surface area contributed by atoms with Gasteiger partial charge in [-0.2, -0.15) is 0 Å². The average molecular weight is 268 g/mol. The van der Waals surface area contributed by atoms with Crippen molar-refractivity contribution in [2.24, 2.45) is 0 Å². The molecule has 1 saturated heterocycles. The Morgan fingerprint density at radius 1 is 1.28 bits per heavy atom. The molecule has 98 valence electrons. The van der Waals surface area contributed by atoms with Gasteiger partial charge in [-0.15, -0.1) is 11.6 Å². The first-order chi connectivity index (χ1) is 8.74. The van der Waals surface area contributed by atoms with Gasteiger partial charge in [0.1, 0.15) is 5.88 Å². The van der Waals surface area contributed by atoms with Crippen LogP contribution in [-0.2, 0) is 16.0 Å². The molecule has 2 rings (SSSR count). The van der Waals surface area contributed by atoms with E-state index in [0.717, 1.165) is 19.3 Å². The molecule has 0 radical (unpaired) electrons. The standard InChI is InChI=1S/C14H18ClNO2/c15-11-13(17)16-14(6-8-18-9-7-14)10-12-4-2-1-3-5-12/h1-5H,6-11H2,(H,16,17). The van der Waals surface area contributed by atoms with E-state index in [1.165, 1.54) is 5.56 Å². The summed E-state index contributed by atoms with van der Waals surface area (Å²) in [6.07, 6.45) is 2.51. The first kappa shape index (κ1) is 13.4. The molecule has 1 fully saturated rings. The van der Waals surface area contributed by atoms with Gasteiger partial charge in [-0.05, 0) is 24.8 Å². The van der Waals surface area contributed by atoms with Gasteiger partial charge in [-0.1, -0.05) is 30.3 Å². The summed E-state index contributed by atoms with van der Waals surface area (Å²) < 4.78 is 5.39. The number of alkyl halides is 1. The number of halogens is 1. The maximum atomic E-state index is 11.6. The second-order valence-corrected chi connectivity index (χ2v) is 5.00. The topological polar surface area (TPSA) is 38.3 Å². The van der Waals surface area contributed by atoms with E-state index in [1.54, 1.807) is 0 Å². The number of nitrogens with one attached hydrogen (secondary N) is 1. The number of hydrogen-bond donors (Lipinski definition) is 1. The zero-order chi connectivity index (χ0) is 12.8. The summed E-state index contributed by atoms with van der Waals surface area (Å²) in [6, 6.07) is 10.2. The fraction of sp³-hybridized carbons (Fsp3) is 0.500. The summed E-state index contributed by atoms with van der Waals surface area (Å²) in [7, 11) is 0. The van der Waals surface area contributed by atoms with Gasteiger partial charge in [0.2, 0.25) is 5.91 Å². The number of hydrogen-bond acceptors (Lipinski definition) is 2. The van der Waals surface area contributed by atoms with Gasteiger partial charge in [0.25, 0.3) is 0 Å². The lowest BCUT2D eigenvalue weighted by atomic mass is 9.83. The van der Waals surface area contributed by atoms with Crippen molar-refractivity contribution < 1.29 is 9.53 Å². The molecule has 1 aromatic rings. The lowest BCUT2D eigenvalue weighted by Gasteiger charge is -2.38. The Labute approximate surface area is 112 Å². The van der Waals surface area contributed by atoms with Gasteiger partial charge >= 0.3 is 0 Å². The molecule has 0 saturated carbocycles. The second-order valence-electron chi connectivity index (χ2n) is 4.74. The Morgan fingerprint density at radius 2 is 1.94 bits per heavy atom. The van der Waals surface area contributed by atoms with E-state index in [4.69, 9.17) is 16.3 Å². The van der Waals surface area contributed by atoms with E-state index in [9.17, 15) is 4.79 Å². The van der Waals surface area contributed by atoms with E-state index in [1.807, 2.05) is 18.2 Å². The van der Waals surface area contributed by atoms with Crippen molar-refractivity contribution in [3.63, 3.8) is 0 Å². The van der Waals surface area contributed by atoms with Crippen molar-refractivity contribution in [3.05, 3.63) is 35.9 Å². The number of carbonyl (C=O) groups excluding carboxylic acids is 1. The number of ether oxygens (including phenoxy) is 1. The van der Waals surface area contributed by atoms with Gasteiger partial charge in [0.05, 0.1) is 0 Å². The lowest BCUT2D eigenvalue weighted by molar-refractivity contribution is -0.121. The van der Waals surface area contributed by atoms with Crippen molar-refractivity contribution in [1.29, 1.82) is 0 Å². The normalized spacial score (nSPS) is 18.3. The summed E-state index contributed by atoms with van der Waals surface area (Å²) in [6.45, 7) is 1.38. The van der Waals surface area contributed by atoms with Gasteiger partial charge in [-0.3, -0.25) is 4.79 Å². The molecule has 1 aliphatic heterocycles. The van der Waals surface area contributed by atoms with Crippen LogP contribution in [0.15, 0.2) is 30.3 Å². The molecule has 1 amide bonds. The maximum Gasteiger partial charge on any atom is 0.235 e. The third-order valence-corrected chi connectivity index (χ3v) is 3.60. The van der Waals surface area contributed by atoms with Crippen LogP contribution < -0.4 is 5.32 Å². The third-order valence-electron chi connectivity index (χ3n) is 3.36. The number of carbonyl (C=O) groups is 1. The van der Waals surface area contributed by atoms with Crippen molar-refractivity contribution >= 4 is 17.5 Å². The van der Waals surface area contributed by atoms with Gasteiger partial charge in [0.15, 0.2) is 0 Å². The molecule has 3 nitrogen and oxygen atoms in total. The molecule has 0 aliphatic carbocycles. The molecular formula is C14H18ClNO2. The van der Waals surface area contributed by atoms with Crippen LogP contribution >= 0.6 is 11.6 Å². The minimum atomic E-state index is -0.203. The molecule has 0 bridgehead atoms. The highest BCUT2D eigenvalue weighted by Crippen LogP contribution is 2.25.